The summed E-state index contributed by atoms with van der Waals surface area (Å²) in [7, 11) is -3.95. The molecule has 56 valence electrons. The van der Waals surface area contributed by atoms with E-state index in [0.717, 1.165) is 12.8 Å². The molecule has 0 saturated heterocycles. The molecule has 0 aromatic carbocycles. The Morgan fingerprint density at radius 3 is 2.10 bits per heavy atom. The van der Waals surface area contributed by atoms with Crippen LogP contribution in [0.4, 0.5) is 0 Å². The van der Waals surface area contributed by atoms with E-state index in [1.165, 1.54) is 0 Å². The normalized spacial score (nSPS) is 10.6. The fourth-order valence-electron chi connectivity index (χ4n) is 0.529. The number of hydrogen-bond donors (Lipinski definition) is 0. The van der Waals surface area contributed by atoms with E-state index in [0.29, 0.717) is 6.42 Å². The second-order valence-corrected chi connectivity index (χ2v) is 3.49. The van der Waals surface area contributed by atoms with Crippen LogP contribution in [0.5, 0.6) is 0 Å². The SMILES string of the molecule is CCCCCS(=O)(=O)[O-].[Cs+]. The van der Waals surface area contributed by atoms with Gasteiger partial charge >= 0.3 is 68.9 Å². The molecule has 3 nitrogen and oxygen atoms in total. The van der Waals surface area contributed by atoms with Crippen LogP contribution in [0.25, 0.3) is 0 Å². The fourth-order valence-corrected chi connectivity index (χ4v) is 1.09. The number of hydrogen-bond acceptors (Lipinski definition) is 3. The molecular weight excluding hydrogens is 273 g/mol. The summed E-state index contributed by atoms with van der Waals surface area (Å²) in [4.78, 5) is 0. The van der Waals surface area contributed by atoms with Crippen molar-refractivity contribution < 1.29 is 81.9 Å². The zero-order valence-electron chi connectivity index (χ0n) is 6.46. The molecule has 10 heavy (non-hydrogen) atoms. The largest absolute Gasteiger partial charge is 1.00 e. The van der Waals surface area contributed by atoms with Crippen LogP contribution >= 0.6 is 0 Å². The van der Waals surface area contributed by atoms with Crippen molar-refractivity contribution in [3.8, 4) is 0 Å². The van der Waals surface area contributed by atoms with Gasteiger partial charge in [0.15, 0.2) is 0 Å². The quantitative estimate of drug-likeness (QED) is 0.432. The second-order valence-electron chi connectivity index (χ2n) is 1.97. The summed E-state index contributed by atoms with van der Waals surface area (Å²) < 4.78 is 29.9. The molecule has 0 aliphatic carbocycles. The molecule has 0 spiro atoms. The van der Waals surface area contributed by atoms with E-state index in [1.807, 2.05) is 6.92 Å². The van der Waals surface area contributed by atoms with Gasteiger partial charge in [-0.25, -0.2) is 8.42 Å². The van der Waals surface area contributed by atoms with Crippen molar-refractivity contribution in [2.24, 2.45) is 0 Å². The molecular formula is C5H11CsO3S. The van der Waals surface area contributed by atoms with Gasteiger partial charge in [0.1, 0.15) is 0 Å². The van der Waals surface area contributed by atoms with Crippen LogP contribution in [0.3, 0.4) is 0 Å². The summed E-state index contributed by atoms with van der Waals surface area (Å²) in [6.07, 6.45) is 2.26. The fraction of sp³-hybridized carbons (Fsp3) is 1.00. The van der Waals surface area contributed by atoms with E-state index in [1.54, 1.807) is 0 Å². The van der Waals surface area contributed by atoms with Gasteiger partial charge in [-0.15, -0.1) is 0 Å². The third kappa shape index (κ3) is 12.6. The molecule has 0 aliphatic heterocycles. The molecule has 5 heteroatoms. The van der Waals surface area contributed by atoms with E-state index >= 15 is 0 Å². The smallest absolute Gasteiger partial charge is 0.748 e. The summed E-state index contributed by atoms with van der Waals surface area (Å²) >= 11 is 0. The van der Waals surface area contributed by atoms with Gasteiger partial charge in [0.25, 0.3) is 0 Å². The maximum Gasteiger partial charge on any atom is 1.00 e. The van der Waals surface area contributed by atoms with E-state index in [9.17, 15) is 13.0 Å². The van der Waals surface area contributed by atoms with Gasteiger partial charge in [0.05, 0.1) is 10.1 Å². The molecule has 0 amide bonds. The molecule has 0 heterocycles. The first-order valence-corrected chi connectivity index (χ1v) is 4.57. The summed E-state index contributed by atoms with van der Waals surface area (Å²) in [5.74, 6) is -0.208. The van der Waals surface area contributed by atoms with Crippen LogP contribution < -0.4 is 68.9 Å². The Balaban J connectivity index is 0. The summed E-state index contributed by atoms with van der Waals surface area (Å²) in [6.45, 7) is 1.96. The Hall–Kier alpha value is 1.96. The van der Waals surface area contributed by atoms with Crippen molar-refractivity contribution in [3.05, 3.63) is 0 Å². The van der Waals surface area contributed by atoms with Gasteiger partial charge in [-0.2, -0.15) is 0 Å². The van der Waals surface area contributed by atoms with E-state index in [2.05, 4.69) is 0 Å². The van der Waals surface area contributed by atoms with Crippen molar-refractivity contribution in [2.75, 3.05) is 5.75 Å². The molecule has 0 unspecified atom stereocenters. The first-order valence-electron chi connectivity index (χ1n) is 3.00. The van der Waals surface area contributed by atoms with Crippen molar-refractivity contribution in [3.63, 3.8) is 0 Å². The topological polar surface area (TPSA) is 57.2 Å². The van der Waals surface area contributed by atoms with Crippen LogP contribution in [-0.2, 0) is 10.1 Å². The molecule has 0 rings (SSSR count). The third-order valence-electron chi connectivity index (χ3n) is 0.998. The number of rotatable bonds is 4. The molecule has 0 N–H and O–H groups in total. The Bertz CT molecular complexity index is 152. The maximum atomic E-state index is 9.95. The predicted molar refractivity (Wildman–Crippen MR) is 34.1 cm³/mol. The average molecular weight is 284 g/mol. The van der Waals surface area contributed by atoms with Gasteiger partial charge in [0, 0.05) is 5.75 Å². The second kappa shape index (κ2) is 7.60. The minimum Gasteiger partial charge on any atom is -0.748 e. The van der Waals surface area contributed by atoms with Gasteiger partial charge in [0.2, 0.25) is 0 Å². The minimum atomic E-state index is -3.95. The van der Waals surface area contributed by atoms with Crippen LogP contribution in [0.15, 0.2) is 0 Å². The van der Waals surface area contributed by atoms with Gasteiger partial charge in [-0.1, -0.05) is 19.8 Å². The standard InChI is InChI=1S/C5H12O3S.Cs/c1-2-3-4-5-9(6,7)8;/h2-5H2,1H3,(H,6,7,8);/q;+1/p-1. The van der Waals surface area contributed by atoms with Crippen molar-refractivity contribution >= 4 is 10.1 Å². The Kier molecular flexibility index (Phi) is 11.0. The van der Waals surface area contributed by atoms with Gasteiger partial charge in [-0.3, -0.25) is 0 Å². The van der Waals surface area contributed by atoms with Crippen LogP contribution in [0.1, 0.15) is 26.2 Å². The van der Waals surface area contributed by atoms with Crippen LogP contribution in [0.2, 0.25) is 0 Å². The third-order valence-corrected chi connectivity index (χ3v) is 1.79. The van der Waals surface area contributed by atoms with Crippen LogP contribution in [-0.4, -0.2) is 18.7 Å². The molecule has 0 fully saturated rings. The van der Waals surface area contributed by atoms with E-state index < -0.39 is 10.1 Å². The van der Waals surface area contributed by atoms with Crippen LogP contribution in [0, 0.1) is 0 Å². The number of unbranched alkanes of at least 4 members (excludes halogenated alkanes) is 2. The predicted octanol–water partition coefficient (Wildman–Crippen LogP) is -2.27. The first kappa shape index (κ1) is 14.5. The zero-order chi connectivity index (χ0) is 7.33. The van der Waals surface area contributed by atoms with Crippen molar-refractivity contribution in [1.29, 1.82) is 0 Å². The Labute approximate surface area is 121 Å². The zero-order valence-corrected chi connectivity index (χ0v) is 13.6. The van der Waals surface area contributed by atoms with Crippen molar-refractivity contribution in [1.82, 2.24) is 0 Å². The maximum absolute atomic E-state index is 9.95. The molecule has 0 atom stereocenters. The Morgan fingerprint density at radius 2 is 1.80 bits per heavy atom. The average Bonchev–Trinajstić information content (AvgIpc) is 1.63. The summed E-state index contributed by atoms with van der Waals surface area (Å²) in [6, 6.07) is 0. The molecule has 0 radical (unpaired) electrons. The Morgan fingerprint density at radius 1 is 1.30 bits per heavy atom. The molecule has 0 saturated carbocycles. The van der Waals surface area contributed by atoms with Crippen molar-refractivity contribution in [2.45, 2.75) is 26.2 Å². The van der Waals surface area contributed by atoms with E-state index in [-0.39, 0.29) is 74.6 Å². The van der Waals surface area contributed by atoms with E-state index in [4.69, 9.17) is 0 Å². The molecule has 0 aromatic heterocycles. The molecule has 0 aliphatic rings. The minimum absolute atomic E-state index is 0. The monoisotopic (exact) mass is 284 g/mol. The summed E-state index contributed by atoms with van der Waals surface area (Å²) in [5, 5.41) is 0. The molecule has 0 aromatic rings. The van der Waals surface area contributed by atoms with Gasteiger partial charge in [-0.05, 0) is 6.42 Å². The van der Waals surface area contributed by atoms with Gasteiger partial charge < -0.3 is 4.55 Å². The molecule has 0 bridgehead atoms. The first-order chi connectivity index (χ1) is 4.06. The summed E-state index contributed by atoms with van der Waals surface area (Å²) in [5.41, 5.74) is 0.